The zero-order valence-electron chi connectivity index (χ0n) is 9.39. The Morgan fingerprint density at radius 1 is 1.36 bits per heavy atom. The van der Waals surface area contributed by atoms with Gasteiger partial charge in [0.05, 0.1) is 0 Å². The molecular weight excluding hydrogens is 242 g/mol. The normalized spacial score (nSPS) is 21.4. The second kappa shape index (κ2) is 6.09. The van der Waals surface area contributed by atoms with Gasteiger partial charge in [0.1, 0.15) is 0 Å². The maximum Gasteiger partial charge on any atom is 0.0472 e. The van der Waals surface area contributed by atoms with Crippen molar-refractivity contribution in [1.29, 1.82) is 0 Å². The smallest absolute Gasteiger partial charge is 0.0472 e. The predicted molar refractivity (Wildman–Crippen MR) is 64.1 cm³/mol. The fourth-order valence-electron chi connectivity index (χ4n) is 2.17. The number of hydrogen-bond donors (Lipinski definition) is 0. The first-order chi connectivity index (χ1) is 6.72. The number of rotatable bonds is 5. The third kappa shape index (κ3) is 3.52. The molecule has 1 aliphatic heterocycles. The molecule has 1 heterocycles. The van der Waals surface area contributed by atoms with Crippen LogP contribution in [0.2, 0.25) is 0 Å². The van der Waals surface area contributed by atoms with E-state index in [-0.39, 0.29) is 0 Å². The molecule has 84 valence electrons. The van der Waals surface area contributed by atoms with Crippen molar-refractivity contribution < 1.29 is 4.74 Å². The summed E-state index contributed by atoms with van der Waals surface area (Å²) in [5.41, 5.74) is 0.460. The van der Waals surface area contributed by atoms with Crippen LogP contribution in [0.15, 0.2) is 0 Å². The first-order valence-electron chi connectivity index (χ1n) is 5.55. The molecule has 1 aliphatic rings. The molecule has 1 saturated heterocycles. The largest absolute Gasteiger partial charge is 0.381 e. The van der Waals surface area contributed by atoms with Gasteiger partial charge in [0.15, 0.2) is 0 Å². The molecule has 2 nitrogen and oxygen atoms in total. The molecule has 0 aromatic heterocycles. The first-order valence-corrected chi connectivity index (χ1v) is 6.67. The summed E-state index contributed by atoms with van der Waals surface area (Å²) in [5, 5.41) is 1.11. The second-order valence-electron chi connectivity index (χ2n) is 4.48. The van der Waals surface area contributed by atoms with Crippen LogP contribution in [0.25, 0.3) is 0 Å². The van der Waals surface area contributed by atoms with Gasteiger partial charge in [-0.25, -0.2) is 0 Å². The fraction of sp³-hybridized carbons (Fsp3) is 1.00. The molecule has 0 aliphatic carbocycles. The van der Waals surface area contributed by atoms with Gasteiger partial charge in [0, 0.05) is 25.1 Å². The molecule has 0 aromatic rings. The summed E-state index contributed by atoms with van der Waals surface area (Å²) in [4.78, 5) is 2.45. The Balaban J connectivity index is 2.42. The Bertz CT molecular complexity index is 157. The third-order valence-electron chi connectivity index (χ3n) is 3.05. The molecule has 14 heavy (non-hydrogen) atoms. The molecule has 0 unspecified atom stereocenters. The molecule has 1 fully saturated rings. The summed E-state index contributed by atoms with van der Waals surface area (Å²) < 4.78 is 5.43. The molecule has 0 N–H and O–H groups in total. The highest BCUT2D eigenvalue weighted by Crippen LogP contribution is 2.33. The lowest BCUT2D eigenvalue weighted by molar-refractivity contribution is 0.0120. The lowest BCUT2D eigenvalue weighted by Gasteiger charge is -2.38. The van der Waals surface area contributed by atoms with Gasteiger partial charge in [-0.1, -0.05) is 22.9 Å². The van der Waals surface area contributed by atoms with E-state index in [0.29, 0.717) is 5.41 Å². The van der Waals surface area contributed by atoms with E-state index in [1.54, 1.807) is 0 Å². The van der Waals surface area contributed by atoms with Gasteiger partial charge in [-0.15, -0.1) is 0 Å². The molecule has 0 spiro atoms. The maximum absolute atomic E-state index is 5.43. The van der Waals surface area contributed by atoms with Gasteiger partial charge >= 0.3 is 0 Å². The Labute approximate surface area is 96.1 Å². The highest BCUT2D eigenvalue weighted by molar-refractivity contribution is 9.09. The van der Waals surface area contributed by atoms with Crippen LogP contribution < -0.4 is 0 Å². The van der Waals surface area contributed by atoms with Crippen LogP contribution >= 0.6 is 15.9 Å². The Kier molecular flexibility index (Phi) is 5.42. The molecule has 0 aromatic carbocycles. The number of alkyl halides is 1. The summed E-state index contributed by atoms with van der Waals surface area (Å²) in [6, 6.07) is 0. The van der Waals surface area contributed by atoms with E-state index < -0.39 is 0 Å². The average Bonchev–Trinajstić information content (AvgIpc) is 2.19. The van der Waals surface area contributed by atoms with Crippen LogP contribution in [0.3, 0.4) is 0 Å². The van der Waals surface area contributed by atoms with Crippen LogP contribution in [-0.2, 0) is 4.74 Å². The minimum Gasteiger partial charge on any atom is -0.381 e. The molecule has 0 radical (unpaired) electrons. The number of hydrogen-bond acceptors (Lipinski definition) is 2. The van der Waals surface area contributed by atoms with Crippen molar-refractivity contribution in [2.75, 3.05) is 38.7 Å². The monoisotopic (exact) mass is 263 g/mol. The predicted octanol–water partition coefficient (Wildman–Crippen LogP) is 2.52. The Hall–Kier alpha value is 0.400. The molecular formula is C11H22BrNO. The minimum atomic E-state index is 0.460. The molecule has 0 amide bonds. The molecule has 0 atom stereocenters. The van der Waals surface area contributed by atoms with Gasteiger partial charge in [-0.2, -0.15) is 0 Å². The van der Waals surface area contributed by atoms with Gasteiger partial charge in [0.25, 0.3) is 0 Å². The van der Waals surface area contributed by atoms with Gasteiger partial charge < -0.3 is 9.64 Å². The van der Waals surface area contributed by atoms with E-state index in [2.05, 4.69) is 34.8 Å². The van der Waals surface area contributed by atoms with Crippen LogP contribution in [0.1, 0.15) is 26.2 Å². The van der Waals surface area contributed by atoms with Crippen molar-refractivity contribution in [3.63, 3.8) is 0 Å². The van der Waals surface area contributed by atoms with Crippen LogP contribution in [0, 0.1) is 5.41 Å². The van der Waals surface area contributed by atoms with Crippen molar-refractivity contribution >= 4 is 15.9 Å². The van der Waals surface area contributed by atoms with Crippen molar-refractivity contribution in [3.05, 3.63) is 0 Å². The van der Waals surface area contributed by atoms with Gasteiger partial charge in [-0.3, -0.25) is 0 Å². The van der Waals surface area contributed by atoms with Crippen LogP contribution in [0.5, 0.6) is 0 Å². The summed E-state index contributed by atoms with van der Waals surface area (Å²) in [7, 11) is 2.23. The second-order valence-corrected chi connectivity index (χ2v) is 5.04. The van der Waals surface area contributed by atoms with Crippen molar-refractivity contribution in [1.82, 2.24) is 4.90 Å². The van der Waals surface area contributed by atoms with Crippen molar-refractivity contribution in [3.8, 4) is 0 Å². The van der Waals surface area contributed by atoms with E-state index in [1.165, 1.54) is 32.4 Å². The number of ether oxygens (including phenoxy) is 1. The van der Waals surface area contributed by atoms with Gasteiger partial charge in [-0.05, 0) is 38.3 Å². The Morgan fingerprint density at radius 2 is 2.00 bits per heavy atom. The molecule has 0 bridgehead atoms. The summed E-state index contributed by atoms with van der Waals surface area (Å²) in [6.45, 7) is 6.52. The SMILES string of the molecule is CCCN(C)CC1(CBr)CCOCC1. The van der Waals surface area contributed by atoms with E-state index in [4.69, 9.17) is 4.74 Å². The number of nitrogens with zero attached hydrogens (tertiary/aromatic N) is 1. The number of halogens is 1. The topological polar surface area (TPSA) is 12.5 Å². The zero-order valence-corrected chi connectivity index (χ0v) is 11.0. The van der Waals surface area contributed by atoms with Crippen molar-refractivity contribution in [2.45, 2.75) is 26.2 Å². The third-order valence-corrected chi connectivity index (χ3v) is 4.24. The Morgan fingerprint density at radius 3 is 2.50 bits per heavy atom. The van der Waals surface area contributed by atoms with E-state index in [0.717, 1.165) is 18.5 Å². The summed E-state index contributed by atoms with van der Waals surface area (Å²) in [5.74, 6) is 0. The molecule has 1 rings (SSSR count). The zero-order chi connectivity index (χ0) is 10.4. The first kappa shape index (κ1) is 12.5. The van der Waals surface area contributed by atoms with Gasteiger partial charge in [0.2, 0.25) is 0 Å². The maximum atomic E-state index is 5.43. The summed E-state index contributed by atoms with van der Waals surface area (Å²) >= 11 is 3.67. The molecule has 3 heteroatoms. The minimum absolute atomic E-state index is 0.460. The molecule has 0 saturated carbocycles. The standard InChI is InChI=1S/C11H22BrNO/c1-3-6-13(2)10-11(9-12)4-7-14-8-5-11/h3-10H2,1-2H3. The quantitative estimate of drug-likeness (QED) is 0.707. The highest BCUT2D eigenvalue weighted by Gasteiger charge is 2.32. The lowest BCUT2D eigenvalue weighted by Crippen LogP contribution is -2.41. The average molecular weight is 264 g/mol. The van der Waals surface area contributed by atoms with E-state index in [9.17, 15) is 0 Å². The summed E-state index contributed by atoms with van der Waals surface area (Å²) in [6.07, 6.45) is 3.64. The van der Waals surface area contributed by atoms with E-state index >= 15 is 0 Å². The lowest BCUT2D eigenvalue weighted by atomic mass is 9.82. The van der Waals surface area contributed by atoms with Crippen molar-refractivity contribution in [2.24, 2.45) is 5.41 Å². The fourth-order valence-corrected chi connectivity index (χ4v) is 2.91. The highest BCUT2D eigenvalue weighted by atomic mass is 79.9. The van der Waals surface area contributed by atoms with Crippen LogP contribution in [0.4, 0.5) is 0 Å². The van der Waals surface area contributed by atoms with E-state index in [1.807, 2.05) is 0 Å². The van der Waals surface area contributed by atoms with Crippen LogP contribution in [-0.4, -0.2) is 43.6 Å².